The van der Waals surface area contributed by atoms with Gasteiger partial charge in [0.15, 0.2) is 0 Å². The summed E-state index contributed by atoms with van der Waals surface area (Å²) in [5.41, 5.74) is 1.84. The first kappa shape index (κ1) is 97.0. The lowest BCUT2D eigenvalue weighted by molar-refractivity contribution is -0.139. The zero-order chi connectivity index (χ0) is 87.0. The Hall–Kier alpha value is -3.07. The Balaban J connectivity index is 0.000000133. The van der Waals surface area contributed by atoms with Crippen LogP contribution < -0.4 is 31.9 Å². The van der Waals surface area contributed by atoms with Gasteiger partial charge in [-0.05, 0) is 344 Å². The van der Waals surface area contributed by atoms with Crippen LogP contribution in [0.4, 0.5) is 0 Å². The molecule has 7 saturated heterocycles. The van der Waals surface area contributed by atoms with Crippen molar-refractivity contribution in [3.8, 4) is 0 Å². The second-order valence-corrected chi connectivity index (χ2v) is 49.7. The molecule has 0 aromatic heterocycles. The Labute approximate surface area is 742 Å². The van der Waals surface area contributed by atoms with E-state index in [0.29, 0.717) is 46.7 Å². The lowest BCUT2D eigenvalue weighted by Crippen LogP contribution is -2.54. The Morgan fingerprint density at radius 3 is 1.10 bits per heavy atom. The number of hydrogen-bond acceptors (Lipinski definition) is 13. The van der Waals surface area contributed by atoms with Crippen LogP contribution in [0.2, 0.25) is 0 Å². The number of carbonyl (C=O) groups is 6. The second kappa shape index (κ2) is 42.2. The summed E-state index contributed by atoms with van der Waals surface area (Å²) in [7, 11) is 11.6. The van der Waals surface area contributed by atoms with Gasteiger partial charge in [0.25, 0.3) is 0 Å². The average molecular weight is 1700 g/mol. The summed E-state index contributed by atoms with van der Waals surface area (Å²) in [5, 5.41) is 20.2. The van der Waals surface area contributed by atoms with Gasteiger partial charge in [-0.15, -0.1) is 0 Å². The maximum atomic E-state index is 12.9. The van der Waals surface area contributed by atoms with Crippen LogP contribution in [-0.4, -0.2) is 231 Å². The van der Waals surface area contributed by atoms with Gasteiger partial charge in [-0.25, -0.2) is 0 Å². The van der Waals surface area contributed by atoms with Crippen LogP contribution in [0.1, 0.15) is 340 Å². The van der Waals surface area contributed by atoms with E-state index in [1.165, 1.54) is 186 Å². The highest BCUT2D eigenvalue weighted by molar-refractivity contribution is 7.99. The molecule has 121 heavy (non-hydrogen) atoms. The molecule has 10 saturated carbocycles. The number of carbonyl (C=O) groups excluding carboxylic acids is 6. The molecule has 7 heterocycles. The van der Waals surface area contributed by atoms with Gasteiger partial charge in [0, 0.05) is 82.3 Å². The minimum atomic E-state index is 0.00304. The molecule has 10 bridgehead atoms. The molecule has 18 atom stereocenters. The lowest BCUT2D eigenvalue weighted by atomic mass is 9.80. The fourth-order valence-electron chi connectivity index (χ4n) is 27.7. The van der Waals surface area contributed by atoms with Gasteiger partial charge < -0.3 is 61.3 Å². The normalized spacial score (nSPS) is 38.8. The zero-order valence-electron chi connectivity index (χ0n) is 80.7. The zero-order valence-corrected chi connectivity index (χ0v) is 81.5. The molecule has 0 aromatic rings. The third-order valence-electron chi connectivity index (χ3n) is 35.4. The van der Waals surface area contributed by atoms with E-state index in [1.54, 1.807) is 0 Å². The molecule has 0 radical (unpaired) electrons. The maximum Gasteiger partial charge on any atom is 0.240 e. The van der Waals surface area contributed by atoms with Crippen LogP contribution in [0.5, 0.6) is 0 Å². The molecule has 17 rings (SSSR count). The number of amides is 6. The number of hydrogen-bond donors (Lipinski definition) is 6. The van der Waals surface area contributed by atoms with Crippen LogP contribution in [0.15, 0.2) is 0 Å². The minimum Gasteiger partial charge on any atom is -0.341 e. The van der Waals surface area contributed by atoms with Crippen molar-refractivity contribution in [2.75, 3.05) is 113 Å². The highest BCUT2D eigenvalue weighted by Gasteiger charge is 2.54. The van der Waals surface area contributed by atoms with Crippen molar-refractivity contribution in [1.82, 2.24) is 61.3 Å². The third-order valence-corrected chi connectivity index (χ3v) is 36.8. The van der Waals surface area contributed by atoms with E-state index >= 15 is 0 Å². The smallest absolute Gasteiger partial charge is 0.240 e. The minimum absolute atomic E-state index is 0.00304. The largest absolute Gasteiger partial charge is 0.341 e. The third kappa shape index (κ3) is 25.7. The molecule has 18 nitrogen and oxygen atoms in total. The van der Waals surface area contributed by atoms with Gasteiger partial charge in [0.05, 0.1) is 36.3 Å². The Kier molecular flexibility index (Phi) is 33.8. The van der Waals surface area contributed by atoms with Crippen molar-refractivity contribution in [2.24, 2.45) is 104 Å². The van der Waals surface area contributed by atoms with Crippen LogP contribution in [-0.2, 0) is 28.8 Å². The van der Waals surface area contributed by atoms with E-state index in [2.05, 4.69) is 156 Å². The standard InChI is InChI=1S/2C18H32N2O.2C17H30N2O.C16H30N2OS.C16H28N2O/c1-18(2)6-7-20(17(21)16(11-18)19-3)12-15-9-13-4-5-14(8-13)10-15;1-18(2)7-8-20(17(21)16(11-18)19-3)12-15-10-13-5-4-6-14(15)9-13;1-17(2)6-7-19(16(20)15(10-17)18-3)11-14-9-12-4-5-13(14)8-12;1-17(2)7-8-19(16(20)14(11-17)18-3)15-10-12-5-4-6-13(15)9-12;1-16(2)8-9-18(15(19)14(11-16)17-3)12-13-7-5-4-6-10-20-13;1-15(2)8-9-18(14(19)13(11-15)17-3)16-6-4-12(10-16)5-7-16/h2*13-16,19H,4-12H2,1-3H3;2*12-15,18H,4-11H2,1-3H3;13-14,17H,4-12H2,1-3H3;12-13,17H,4-11H2,1-3H3. The molecule has 19 heteroatoms. The summed E-state index contributed by atoms with van der Waals surface area (Å²) in [5.74, 6) is 14.0. The van der Waals surface area contributed by atoms with Gasteiger partial charge in [-0.1, -0.05) is 147 Å². The summed E-state index contributed by atoms with van der Waals surface area (Å²) < 4.78 is 0. The number of thioether (sulfide) groups is 1. The average Bonchev–Trinajstić information content (AvgIpc) is 1.60. The molecule has 0 aromatic carbocycles. The first-order valence-corrected chi connectivity index (χ1v) is 51.9. The van der Waals surface area contributed by atoms with Crippen molar-refractivity contribution in [3.63, 3.8) is 0 Å². The molecule has 6 N–H and O–H groups in total. The first-order valence-electron chi connectivity index (χ1n) is 50.8. The van der Waals surface area contributed by atoms with Crippen molar-refractivity contribution < 1.29 is 28.8 Å². The Morgan fingerprint density at radius 2 is 0.669 bits per heavy atom. The lowest BCUT2D eigenvalue weighted by Gasteiger charge is -2.41. The molecule has 7 aliphatic heterocycles. The summed E-state index contributed by atoms with van der Waals surface area (Å²) in [6, 6.07) is 0.639. The van der Waals surface area contributed by atoms with Gasteiger partial charge in [-0.3, -0.25) is 28.8 Å². The van der Waals surface area contributed by atoms with E-state index in [0.717, 1.165) is 214 Å². The molecule has 18 unspecified atom stereocenters. The first-order chi connectivity index (χ1) is 57.4. The molecule has 692 valence electrons. The second-order valence-electron chi connectivity index (χ2n) is 48.3. The van der Waals surface area contributed by atoms with Crippen LogP contribution in [0, 0.1) is 104 Å². The predicted molar refractivity (Wildman–Crippen MR) is 499 cm³/mol. The summed E-state index contributed by atoms with van der Waals surface area (Å²) in [4.78, 5) is 90.0. The summed E-state index contributed by atoms with van der Waals surface area (Å²) in [6.45, 7) is 37.3. The molecule has 17 aliphatic rings. The fourth-order valence-corrected chi connectivity index (χ4v) is 29.0. The van der Waals surface area contributed by atoms with Crippen LogP contribution in [0.3, 0.4) is 0 Å². The number of fused-ring (bicyclic) bond motifs is 10. The van der Waals surface area contributed by atoms with E-state index in [4.69, 9.17) is 0 Å². The topological polar surface area (TPSA) is 194 Å². The molecular formula is C102H182N12O6S. The molecule has 6 amide bonds. The number of nitrogens with zero attached hydrogens (tertiary/aromatic N) is 6. The summed E-state index contributed by atoms with van der Waals surface area (Å²) >= 11 is 2.08. The quantitative estimate of drug-likeness (QED) is 0.0856. The molecule has 17 fully saturated rings. The number of likely N-dealkylation sites (N-methyl/N-ethyl adjacent to an activating group) is 6. The van der Waals surface area contributed by atoms with Crippen LogP contribution in [0.25, 0.3) is 0 Å². The van der Waals surface area contributed by atoms with Gasteiger partial charge >= 0.3 is 0 Å². The Bertz CT molecular complexity index is 3330. The van der Waals surface area contributed by atoms with Crippen molar-refractivity contribution in [2.45, 2.75) is 393 Å². The monoisotopic (exact) mass is 1700 g/mol. The van der Waals surface area contributed by atoms with E-state index in [1.807, 2.05) is 42.3 Å². The maximum absolute atomic E-state index is 12.9. The van der Waals surface area contributed by atoms with Crippen molar-refractivity contribution in [1.29, 1.82) is 0 Å². The van der Waals surface area contributed by atoms with E-state index in [-0.39, 0.29) is 74.3 Å². The van der Waals surface area contributed by atoms with Crippen molar-refractivity contribution >= 4 is 47.2 Å². The molecule has 0 spiro atoms. The van der Waals surface area contributed by atoms with Gasteiger partial charge in [0.1, 0.15) is 0 Å². The molecule has 10 aliphatic carbocycles. The highest BCUT2D eigenvalue weighted by atomic mass is 32.2. The Morgan fingerprint density at radius 1 is 0.298 bits per heavy atom. The predicted octanol–water partition coefficient (Wildman–Crippen LogP) is 17.0. The van der Waals surface area contributed by atoms with E-state index < -0.39 is 0 Å². The fraction of sp³-hybridized carbons (Fsp3) is 0.941. The SMILES string of the molecule is CNC1CC(C)(C)CCN(C23CCC(CC2)C3)C1=O.CNC1CC(C)(C)CCN(C2CC3CCCC2C3)C1=O.CNC1CC(C)(C)CCN(CC2CC3CCC(C3)C2)C1=O.CNC1CC(C)(C)CCN(CC2CC3CCC2C3)C1=O.CNC1CC(C)(C)CCN(CC2CC3CCCC2C3)C1=O.CNC1CC(C)(C)CCN(CC2CCCCCS2)C1=O. The molecular weight excluding hydrogens is 1520 g/mol. The van der Waals surface area contributed by atoms with Crippen LogP contribution >= 0.6 is 11.8 Å². The number of likely N-dealkylation sites (tertiary alicyclic amines) is 6. The van der Waals surface area contributed by atoms with Gasteiger partial charge in [0.2, 0.25) is 35.4 Å². The highest BCUT2D eigenvalue weighted by Crippen LogP contribution is 2.54. The summed E-state index contributed by atoms with van der Waals surface area (Å²) in [6.07, 6.45) is 51.0. The van der Waals surface area contributed by atoms with Crippen molar-refractivity contribution in [3.05, 3.63) is 0 Å². The number of nitrogens with one attached hydrogen (secondary N) is 6. The number of rotatable bonds is 16. The van der Waals surface area contributed by atoms with Gasteiger partial charge in [-0.2, -0.15) is 11.8 Å². The van der Waals surface area contributed by atoms with E-state index in [9.17, 15) is 28.8 Å².